The Morgan fingerprint density at radius 1 is 1.00 bits per heavy atom. The average Bonchev–Trinajstić information content (AvgIpc) is 3.30. The van der Waals surface area contributed by atoms with Gasteiger partial charge in [-0.3, -0.25) is 4.79 Å². The molecule has 0 radical (unpaired) electrons. The molecule has 0 aromatic carbocycles. The van der Waals surface area contributed by atoms with E-state index in [1.165, 1.54) is 51.4 Å². The van der Waals surface area contributed by atoms with Crippen LogP contribution in [0.5, 0.6) is 0 Å². The lowest BCUT2D eigenvalue weighted by Gasteiger charge is -2.80. The van der Waals surface area contributed by atoms with E-state index in [2.05, 4.69) is 34.6 Å². The molecule has 7 fully saturated rings. The summed E-state index contributed by atoms with van der Waals surface area (Å²) in [6.45, 7) is 12.5. The van der Waals surface area contributed by atoms with Crippen LogP contribution in [0.15, 0.2) is 0 Å². The maximum atomic E-state index is 14.0. The number of ketones is 1. The van der Waals surface area contributed by atoms with Gasteiger partial charge in [-0.15, -0.1) is 0 Å². The smallest absolute Gasteiger partial charge is 0.166 e. The topological polar surface area (TPSA) is 35.5 Å². The third-order valence-electron chi connectivity index (χ3n) is 13.9. The lowest BCUT2D eigenvalue weighted by molar-refractivity contribution is -0.334. The highest BCUT2D eigenvalue weighted by Gasteiger charge is 2.91. The molecule has 2 heterocycles. The lowest BCUT2D eigenvalue weighted by atomic mass is 9.23. The Bertz CT molecular complexity index is 897. The fourth-order valence-electron chi connectivity index (χ4n) is 12.8. The first kappa shape index (κ1) is 21.8. The molecule has 184 valence electrons. The van der Waals surface area contributed by atoms with Gasteiger partial charge in [-0.25, -0.2) is 0 Å². The molecule has 5 aliphatic carbocycles. The van der Waals surface area contributed by atoms with E-state index in [9.17, 15) is 4.79 Å². The third-order valence-corrected chi connectivity index (χ3v) is 13.9. The van der Waals surface area contributed by atoms with E-state index in [-0.39, 0.29) is 6.10 Å². The van der Waals surface area contributed by atoms with Crippen molar-refractivity contribution in [2.24, 2.45) is 50.7 Å². The second-order valence-corrected chi connectivity index (χ2v) is 14.7. The van der Waals surface area contributed by atoms with Crippen LogP contribution in [0.3, 0.4) is 0 Å². The van der Waals surface area contributed by atoms with Gasteiger partial charge in [-0.05, 0) is 117 Å². The molecule has 0 unspecified atom stereocenters. The van der Waals surface area contributed by atoms with Gasteiger partial charge in [-0.1, -0.05) is 27.2 Å². The van der Waals surface area contributed by atoms with Gasteiger partial charge in [0, 0.05) is 12.8 Å². The minimum atomic E-state index is -0.456. The van der Waals surface area contributed by atoms with E-state index in [1.54, 1.807) is 0 Å². The second kappa shape index (κ2) is 6.28. The Morgan fingerprint density at radius 3 is 2.61 bits per heavy atom. The van der Waals surface area contributed by atoms with Gasteiger partial charge in [0.1, 0.15) is 5.78 Å². The van der Waals surface area contributed by atoms with Crippen LogP contribution >= 0.6 is 0 Å². The quantitative estimate of drug-likeness (QED) is 0.452. The van der Waals surface area contributed by atoms with Crippen LogP contribution in [-0.4, -0.2) is 24.3 Å². The molecule has 0 N–H and O–H groups in total. The van der Waals surface area contributed by atoms with Crippen molar-refractivity contribution in [3.8, 4) is 0 Å². The number of carbonyl (C=O) groups excluding carboxylic acids is 1. The van der Waals surface area contributed by atoms with Crippen molar-refractivity contribution >= 4 is 5.78 Å². The number of carbonyl (C=O) groups is 1. The maximum absolute atomic E-state index is 14.0. The summed E-state index contributed by atoms with van der Waals surface area (Å²) in [5, 5.41) is 0. The Balaban J connectivity index is 1.25. The first-order chi connectivity index (χ1) is 15.6. The molecular weight excluding hydrogens is 408 g/mol. The first-order valence-corrected chi connectivity index (χ1v) is 14.4. The minimum absolute atomic E-state index is 0.0488. The summed E-state index contributed by atoms with van der Waals surface area (Å²) in [6, 6.07) is 0. The molecule has 3 nitrogen and oxygen atoms in total. The Labute approximate surface area is 201 Å². The van der Waals surface area contributed by atoms with Crippen molar-refractivity contribution in [1.82, 2.24) is 0 Å². The van der Waals surface area contributed by atoms with E-state index < -0.39 is 11.2 Å². The monoisotopic (exact) mass is 454 g/mol. The van der Waals surface area contributed by atoms with Crippen molar-refractivity contribution in [2.45, 2.75) is 124 Å². The molecule has 3 heteroatoms. The van der Waals surface area contributed by atoms with Gasteiger partial charge in [0.15, 0.2) is 5.79 Å². The van der Waals surface area contributed by atoms with Crippen LogP contribution in [0, 0.1) is 50.7 Å². The summed E-state index contributed by atoms with van der Waals surface area (Å²) in [4.78, 5) is 14.0. The summed E-state index contributed by atoms with van der Waals surface area (Å²) < 4.78 is 12.4. The molecule has 2 saturated heterocycles. The number of rotatable bonds is 5. The van der Waals surface area contributed by atoms with E-state index in [1.807, 2.05) is 0 Å². The average molecular weight is 455 g/mol. The van der Waals surface area contributed by atoms with Crippen LogP contribution in [0.25, 0.3) is 0 Å². The van der Waals surface area contributed by atoms with Crippen LogP contribution in [0.1, 0.15) is 112 Å². The number of fused-ring (bicyclic) bond motifs is 4. The molecule has 5 bridgehead atoms. The number of hydrogen-bond acceptors (Lipinski definition) is 3. The fourth-order valence-corrected chi connectivity index (χ4v) is 12.8. The Hall–Kier alpha value is -0.410. The molecule has 2 spiro atoms. The SMILES string of the molecule is CC(C)[C@H]1CC[C@@]2(C)[C@@H]3CC[C@]45CCC[C@H]4[C@@]2(CCC(=O)[C@]2(C)CO[C@@]4(C)CC[C@@H]2O4)[C@]15C3. The molecule has 7 aliphatic rings. The highest BCUT2D eigenvalue weighted by atomic mass is 16.7. The number of hydrogen-bond donors (Lipinski definition) is 0. The summed E-state index contributed by atoms with van der Waals surface area (Å²) in [7, 11) is 0. The van der Waals surface area contributed by atoms with E-state index in [4.69, 9.17) is 9.47 Å². The molecule has 0 amide bonds. The zero-order valence-corrected chi connectivity index (χ0v) is 21.8. The highest BCUT2D eigenvalue weighted by Crippen LogP contribution is 2.97. The fraction of sp³-hybridized carbons (Fsp3) is 0.967. The van der Waals surface area contributed by atoms with Gasteiger partial charge in [0.2, 0.25) is 0 Å². The van der Waals surface area contributed by atoms with Crippen molar-refractivity contribution in [2.75, 3.05) is 6.61 Å². The molecular formula is C30H46O3. The maximum Gasteiger partial charge on any atom is 0.166 e. The van der Waals surface area contributed by atoms with Crippen molar-refractivity contribution in [3.05, 3.63) is 0 Å². The zero-order chi connectivity index (χ0) is 23.1. The van der Waals surface area contributed by atoms with Crippen molar-refractivity contribution in [1.29, 1.82) is 0 Å². The summed E-state index contributed by atoms with van der Waals surface area (Å²) in [5.74, 6) is 3.42. The molecule has 0 aromatic rings. The van der Waals surface area contributed by atoms with Crippen LogP contribution in [0.2, 0.25) is 0 Å². The van der Waals surface area contributed by atoms with Crippen LogP contribution in [-0.2, 0) is 14.3 Å². The summed E-state index contributed by atoms with van der Waals surface area (Å²) in [5.41, 5.74) is 1.56. The zero-order valence-electron chi connectivity index (χ0n) is 21.8. The molecule has 0 aromatic heterocycles. The van der Waals surface area contributed by atoms with Crippen LogP contribution < -0.4 is 0 Å². The Kier molecular flexibility index (Phi) is 4.16. The minimum Gasteiger partial charge on any atom is -0.349 e. The molecule has 2 aliphatic heterocycles. The van der Waals surface area contributed by atoms with Gasteiger partial charge in [0.25, 0.3) is 0 Å². The molecule has 33 heavy (non-hydrogen) atoms. The third kappa shape index (κ3) is 2.11. The number of Topliss-reactive ketones (excluding diaryl/α,β-unsaturated/α-hetero) is 1. The molecule has 7 rings (SSSR count). The predicted molar refractivity (Wildman–Crippen MR) is 128 cm³/mol. The van der Waals surface area contributed by atoms with E-state index >= 15 is 0 Å². The van der Waals surface area contributed by atoms with E-state index in [0.29, 0.717) is 34.1 Å². The van der Waals surface area contributed by atoms with Crippen molar-refractivity contribution in [3.63, 3.8) is 0 Å². The van der Waals surface area contributed by atoms with Gasteiger partial charge >= 0.3 is 0 Å². The molecule has 5 saturated carbocycles. The number of ether oxygens (including phenoxy) is 2. The normalized spacial score (nSPS) is 60.1. The second-order valence-electron chi connectivity index (χ2n) is 14.7. The summed E-state index contributed by atoms with van der Waals surface area (Å²) in [6.07, 6.45) is 15.5. The van der Waals surface area contributed by atoms with Crippen LogP contribution in [0.4, 0.5) is 0 Å². The van der Waals surface area contributed by atoms with Gasteiger partial charge in [-0.2, -0.15) is 0 Å². The van der Waals surface area contributed by atoms with Gasteiger partial charge in [0.05, 0.1) is 18.1 Å². The largest absolute Gasteiger partial charge is 0.349 e. The standard InChI is InChI=1S/C30H46O3/c1-19(2)21-9-13-26(4)20-8-15-28-12-6-7-22(28)29(26,30(21,28)17-20)16-10-23(31)25(3)18-32-27(5)14-11-24(25)33-27/h19-22,24H,6-18H2,1-5H3/t20-,21-,22-,24+,25+,26+,27-,28-,29-,30-/m1/s1. The lowest BCUT2D eigenvalue weighted by Crippen LogP contribution is -2.76. The summed E-state index contributed by atoms with van der Waals surface area (Å²) >= 11 is 0. The predicted octanol–water partition coefficient (Wildman–Crippen LogP) is 6.93. The van der Waals surface area contributed by atoms with Gasteiger partial charge < -0.3 is 9.47 Å². The first-order valence-electron chi connectivity index (χ1n) is 14.4. The highest BCUT2D eigenvalue weighted by molar-refractivity contribution is 5.85. The van der Waals surface area contributed by atoms with Crippen molar-refractivity contribution < 1.29 is 14.3 Å². The Morgan fingerprint density at radius 2 is 1.82 bits per heavy atom. The van der Waals surface area contributed by atoms with E-state index in [0.717, 1.165) is 49.4 Å². The molecule has 10 atom stereocenters.